The summed E-state index contributed by atoms with van der Waals surface area (Å²) < 4.78 is 22.7. The maximum atomic E-state index is 12.2. The van der Waals surface area contributed by atoms with Gasteiger partial charge in [-0.25, -0.2) is 4.98 Å². The van der Waals surface area contributed by atoms with Crippen molar-refractivity contribution in [3.8, 4) is 0 Å². The van der Waals surface area contributed by atoms with Gasteiger partial charge in [0.25, 0.3) is 5.69 Å². The molecule has 0 aliphatic heterocycles. The van der Waals surface area contributed by atoms with Gasteiger partial charge in [-0.2, -0.15) is 0 Å². The zero-order valence-corrected chi connectivity index (χ0v) is 14.1. The fraction of sp³-hybridized carbons (Fsp3) is 0.125. The van der Waals surface area contributed by atoms with Gasteiger partial charge >= 0.3 is 0 Å². The molecule has 0 saturated carbocycles. The molecular weight excluding hydrogens is 360 g/mol. The Labute approximate surface area is 150 Å². The smallest absolute Gasteiger partial charge is 0.295 e. The van der Waals surface area contributed by atoms with Crippen LogP contribution in [0.25, 0.3) is 11.0 Å². The third kappa shape index (κ3) is 3.92. The van der Waals surface area contributed by atoms with Crippen molar-refractivity contribution in [2.45, 2.75) is 12.3 Å². The summed E-state index contributed by atoms with van der Waals surface area (Å²) in [7, 11) is 0. The van der Waals surface area contributed by atoms with Crippen LogP contribution in [-0.4, -0.2) is 29.1 Å². The molecule has 1 N–H and O–H groups in total. The second-order valence-electron chi connectivity index (χ2n) is 5.47. The third-order valence-corrected chi connectivity index (χ3v) is 4.22. The van der Waals surface area contributed by atoms with Crippen LogP contribution in [0.4, 0.5) is 11.4 Å². The number of nitro groups is 1. The molecule has 134 valence electrons. The second kappa shape index (κ2) is 7.42. The fourth-order valence-corrected chi connectivity index (χ4v) is 3.02. The Kier molecular flexibility index (Phi) is 5.05. The molecule has 9 nitrogen and oxygen atoms in total. The van der Waals surface area contributed by atoms with Gasteiger partial charge in [-0.3, -0.25) is 19.1 Å². The number of hydrogen-bond donors (Lipinski definition) is 1. The lowest BCUT2D eigenvalue weighted by molar-refractivity contribution is -0.383. The number of nitro benzene ring substituents is 1. The van der Waals surface area contributed by atoms with Gasteiger partial charge in [0.1, 0.15) is 12.1 Å². The Morgan fingerprint density at radius 2 is 1.96 bits per heavy atom. The molecule has 0 saturated heterocycles. The number of carbonyl (C=O) groups excluding carboxylic acids is 1. The molecule has 1 amide bonds. The van der Waals surface area contributed by atoms with Gasteiger partial charge in [0.05, 0.1) is 16.8 Å². The molecule has 0 aliphatic rings. The highest BCUT2D eigenvalue weighted by molar-refractivity contribution is 7.78. The van der Waals surface area contributed by atoms with Crippen molar-refractivity contribution in [3.05, 3.63) is 64.5 Å². The number of para-hydroxylation sites is 1. The Balaban J connectivity index is 1.75. The second-order valence-corrected chi connectivity index (χ2v) is 6.36. The minimum atomic E-state index is -2.18. The maximum Gasteiger partial charge on any atom is 0.295 e. The van der Waals surface area contributed by atoms with E-state index in [9.17, 15) is 23.7 Å². The fourth-order valence-electron chi connectivity index (χ4n) is 2.55. The van der Waals surface area contributed by atoms with Crippen molar-refractivity contribution < 1.29 is 18.5 Å². The molecule has 2 aromatic carbocycles. The van der Waals surface area contributed by atoms with Crippen LogP contribution < -0.4 is 5.32 Å². The van der Waals surface area contributed by atoms with Gasteiger partial charge in [-0.05, 0) is 23.8 Å². The van der Waals surface area contributed by atoms with Crippen LogP contribution in [-0.2, 0) is 28.2 Å². The van der Waals surface area contributed by atoms with Crippen LogP contribution >= 0.6 is 0 Å². The minimum absolute atomic E-state index is 0.0983. The number of hydrogen-bond acceptors (Lipinski definition) is 6. The first-order valence-corrected chi connectivity index (χ1v) is 8.71. The zero-order valence-electron chi connectivity index (χ0n) is 13.3. The van der Waals surface area contributed by atoms with Gasteiger partial charge in [0.15, 0.2) is 0 Å². The van der Waals surface area contributed by atoms with Gasteiger partial charge in [-0.1, -0.05) is 29.3 Å². The molecule has 1 heterocycles. The first-order valence-electron chi connectivity index (χ1n) is 7.47. The summed E-state index contributed by atoms with van der Waals surface area (Å²) in [6.07, 6.45) is 1.38. The van der Waals surface area contributed by atoms with E-state index in [4.69, 9.17) is 0 Å². The van der Waals surface area contributed by atoms with Gasteiger partial charge in [0, 0.05) is 17.5 Å². The Morgan fingerprint density at radius 1 is 1.23 bits per heavy atom. The summed E-state index contributed by atoms with van der Waals surface area (Å²) in [6.45, 7) is -0.145. The molecule has 3 rings (SSSR count). The van der Waals surface area contributed by atoms with E-state index in [1.165, 1.54) is 23.0 Å². The molecular formula is C16H13N4O5S-. The minimum Gasteiger partial charge on any atom is -0.772 e. The summed E-state index contributed by atoms with van der Waals surface area (Å²) in [6, 6.07) is 10.9. The highest BCUT2D eigenvalue weighted by Crippen LogP contribution is 2.24. The summed E-state index contributed by atoms with van der Waals surface area (Å²) in [4.78, 5) is 27.0. The normalized spacial score (nSPS) is 12.0. The van der Waals surface area contributed by atoms with Crippen LogP contribution in [0.15, 0.2) is 48.8 Å². The Hall–Kier alpha value is -3.11. The molecule has 1 unspecified atom stereocenters. The number of benzene rings is 2. The molecule has 0 fully saturated rings. The van der Waals surface area contributed by atoms with E-state index in [0.29, 0.717) is 16.8 Å². The number of nitrogens with zero attached hydrogens (tertiary/aromatic N) is 3. The van der Waals surface area contributed by atoms with Gasteiger partial charge in [0.2, 0.25) is 5.91 Å². The van der Waals surface area contributed by atoms with Crippen LogP contribution in [0.5, 0.6) is 0 Å². The van der Waals surface area contributed by atoms with Crippen LogP contribution in [0.2, 0.25) is 0 Å². The average molecular weight is 373 g/mol. The van der Waals surface area contributed by atoms with Crippen LogP contribution in [0.1, 0.15) is 5.56 Å². The van der Waals surface area contributed by atoms with Gasteiger partial charge < -0.3 is 14.4 Å². The number of anilines is 1. The highest BCUT2D eigenvalue weighted by Gasteiger charge is 2.17. The SMILES string of the molecule is O=C(Cn1cnc2cccc([N+](=O)[O-])c21)Nc1ccc(CS(=O)[O-])cc1. The number of non-ortho nitro benzene ring substituents is 1. The number of amides is 1. The molecule has 0 radical (unpaired) electrons. The third-order valence-electron chi connectivity index (χ3n) is 3.65. The van der Waals surface area contributed by atoms with Crippen molar-refractivity contribution in [3.63, 3.8) is 0 Å². The lowest BCUT2D eigenvalue weighted by Gasteiger charge is -2.09. The predicted molar refractivity (Wildman–Crippen MR) is 94.1 cm³/mol. The number of fused-ring (bicyclic) bond motifs is 1. The summed E-state index contributed by atoms with van der Waals surface area (Å²) in [5.41, 5.74) is 1.69. The summed E-state index contributed by atoms with van der Waals surface area (Å²) >= 11 is -2.18. The average Bonchev–Trinajstić information content (AvgIpc) is 2.99. The summed E-state index contributed by atoms with van der Waals surface area (Å²) in [5, 5.41) is 13.8. The van der Waals surface area contributed by atoms with Crippen molar-refractivity contribution in [2.24, 2.45) is 0 Å². The topological polar surface area (TPSA) is 130 Å². The Bertz CT molecular complexity index is 1000. The molecule has 26 heavy (non-hydrogen) atoms. The van der Waals surface area contributed by atoms with E-state index >= 15 is 0 Å². The molecule has 3 aromatic rings. The first kappa shape index (κ1) is 17.7. The number of carbonyl (C=O) groups is 1. The maximum absolute atomic E-state index is 12.2. The van der Waals surface area contributed by atoms with E-state index < -0.39 is 16.0 Å². The largest absolute Gasteiger partial charge is 0.772 e. The van der Waals surface area contributed by atoms with E-state index in [1.807, 2.05) is 0 Å². The monoisotopic (exact) mass is 373 g/mol. The number of imidazole rings is 1. The molecule has 0 bridgehead atoms. The van der Waals surface area contributed by atoms with E-state index in [1.54, 1.807) is 30.3 Å². The highest BCUT2D eigenvalue weighted by atomic mass is 32.2. The van der Waals surface area contributed by atoms with E-state index in [2.05, 4.69) is 10.3 Å². The first-order chi connectivity index (χ1) is 12.4. The van der Waals surface area contributed by atoms with Crippen LogP contribution in [0, 0.1) is 10.1 Å². The van der Waals surface area contributed by atoms with Gasteiger partial charge in [-0.15, -0.1) is 0 Å². The zero-order chi connectivity index (χ0) is 18.7. The number of aromatic nitrogens is 2. The lowest BCUT2D eigenvalue weighted by atomic mass is 10.2. The molecule has 0 spiro atoms. The van der Waals surface area contributed by atoms with Crippen molar-refractivity contribution in [1.82, 2.24) is 9.55 Å². The van der Waals surface area contributed by atoms with Crippen molar-refractivity contribution in [1.29, 1.82) is 0 Å². The molecule has 0 aliphatic carbocycles. The van der Waals surface area contributed by atoms with Crippen molar-refractivity contribution in [2.75, 3.05) is 5.32 Å². The quantitative estimate of drug-likeness (QED) is 0.399. The van der Waals surface area contributed by atoms with E-state index in [-0.39, 0.29) is 29.4 Å². The molecule has 10 heteroatoms. The summed E-state index contributed by atoms with van der Waals surface area (Å²) in [5.74, 6) is -0.485. The van der Waals surface area contributed by atoms with E-state index in [0.717, 1.165) is 0 Å². The predicted octanol–water partition coefficient (Wildman–Crippen LogP) is 1.96. The number of rotatable bonds is 6. The van der Waals surface area contributed by atoms with Crippen molar-refractivity contribution >= 4 is 39.4 Å². The van der Waals surface area contributed by atoms with Crippen LogP contribution in [0.3, 0.4) is 0 Å². The number of nitrogens with one attached hydrogen (secondary N) is 1. The molecule has 1 aromatic heterocycles. The Morgan fingerprint density at radius 3 is 2.62 bits per heavy atom. The molecule has 1 atom stereocenters. The lowest BCUT2D eigenvalue weighted by Crippen LogP contribution is -2.18. The standard InChI is InChI=1S/C16H14N4O5S/c21-15(18-12-6-4-11(5-7-12)9-26(24)25)8-19-10-17-13-2-1-3-14(16(13)19)20(22)23/h1-7,10H,8-9H2,(H,18,21)(H,24,25)/p-1.